The Kier molecular flexibility index (Phi) is 4.69. The normalized spacial score (nSPS) is 15.3. The van der Waals surface area contributed by atoms with Gasteiger partial charge in [-0.15, -0.1) is 0 Å². The Morgan fingerprint density at radius 2 is 2.03 bits per heavy atom. The van der Waals surface area contributed by atoms with Crippen LogP contribution in [-0.4, -0.2) is 38.3 Å². The lowest BCUT2D eigenvalue weighted by Gasteiger charge is -2.32. The van der Waals surface area contributed by atoms with E-state index < -0.39 is 0 Å². The fourth-order valence-corrected chi connectivity index (χ4v) is 3.78. The number of fused-ring (bicyclic) bond motifs is 1. The molecule has 0 bridgehead atoms. The van der Waals surface area contributed by atoms with Gasteiger partial charge in [0.2, 0.25) is 0 Å². The van der Waals surface area contributed by atoms with Gasteiger partial charge < -0.3 is 18.9 Å². The van der Waals surface area contributed by atoms with Gasteiger partial charge >= 0.3 is 0 Å². The number of aromatic nitrogens is 4. The largest absolute Gasteiger partial charge is 0.451 e. The second kappa shape index (κ2) is 7.63. The van der Waals surface area contributed by atoms with Crippen molar-refractivity contribution in [2.45, 2.75) is 25.9 Å². The molecule has 1 N–H and O–H groups in total. The predicted octanol–water partition coefficient (Wildman–Crippen LogP) is 3.22. The molecule has 4 aromatic heterocycles. The first-order chi connectivity index (χ1) is 14.3. The summed E-state index contributed by atoms with van der Waals surface area (Å²) in [7, 11) is 0. The maximum Gasteiger partial charge on any atom is 0.293 e. The topological polar surface area (TPSA) is 101 Å². The van der Waals surface area contributed by atoms with E-state index in [0.29, 0.717) is 23.4 Å². The van der Waals surface area contributed by atoms with Crippen molar-refractivity contribution < 1.29 is 14.0 Å². The number of hydrogen-bond donors (Lipinski definition) is 1. The minimum atomic E-state index is 0.0356. The van der Waals surface area contributed by atoms with Crippen LogP contribution in [0.2, 0.25) is 0 Å². The Balaban J connectivity index is 1.22. The van der Waals surface area contributed by atoms with E-state index in [-0.39, 0.29) is 6.61 Å². The van der Waals surface area contributed by atoms with Crippen molar-refractivity contribution in [3.8, 4) is 11.7 Å². The highest BCUT2D eigenvalue weighted by Crippen LogP contribution is 2.28. The lowest BCUT2D eigenvalue weighted by molar-refractivity contribution is 0.281. The van der Waals surface area contributed by atoms with Crippen molar-refractivity contribution >= 4 is 16.8 Å². The van der Waals surface area contributed by atoms with E-state index in [1.165, 1.54) is 0 Å². The lowest BCUT2D eigenvalue weighted by Crippen LogP contribution is -2.35. The van der Waals surface area contributed by atoms with Crippen molar-refractivity contribution in [2.75, 3.05) is 18.0 Å². The van der Waals surface area contributed by atoms with E-state index in [1.54, 1.807) is 18.6 Å². The Labute approximate surface area is 167 Å². The highest BCUT2D eigenvalue weighted by molar-refractivity contribution is 5.80. The number of piperidine rings is 1. The third-order valence-electron chi connectivity index (χ3n) is 5.40. The van der Waals surface area contributed by atoms with Gasteiger partial charge in [-0.1, -0.05) is 5.16 Å². The van der Waals surface area contributed by atoms with Crippen molar-refractivity contribution in [1.29, 1.82) is 0 Å². The molecule has 4 aromatic rings. The number of rotatable bonds is 5. The second-order valence-electron chi connectivity index (χ2n) is 7.35. The summed E-state index contributed by atoms with van der Waals surface area (Å²) in [4.78, 5) is 15.3. The van der Waals surface area contributed by atoms with Crippen LogP contribution in [0.3, 0.4) is 0 Å². The smallest absolute Gasteiger partial charge is 0.293 e. The number of aliphatic hydroxyl groups is 1. The van der Waals surface area contributed by atoms with Crippen LogP contribution in [0, 0.1) is 5.92 Å². The van der Waals surface area contributed by atoms with E-state index >= 15 is 0 Å². The van der Waals surface area contributed by atoms with Crippen LogP contribution in [0.25, 0.3) is 22.6 Å². The molecule has 0 aromatic carbocycles. The van der Waals surface area contributed by atoms with Crippen LogP contribution in [0.1, 0.15) is 24.2 Å². The molecule has 0 spiro atoms. The van der Waals surface area contributed by atoms with Crippen molar-refractivity contribution in [3.63, 3.8) is 0 Å². The van der Waals surface area contributed by atoms with Gasteiger partial charge in [0.25, 0.3) is 5.89 Å². The van der Waals surface area contributed by atoms with E-state index in [1.807, 2.05) is 24.3 Å². The average Bonchev–Trinajstić information content (AvgIpc) is 3.41. The Bertz CT molecular complexity index is 1080. The zero-order chi connectivity index (χ0) is 19.6. The summed E-state index contributed by atoms with van der Waals surface area (Å²) in [6, 6.07) is 7.47. The monoisotopic (exact) mass is 391 g/mol. The van der Waals surface area contributed by atoms with Gasteiger partial charge in [0.15, 0.2) is 11.6 Å². The molecule has 0 amide bonds. The van der Waals surface area contributed by atoms with E-state index in [2.05, 4.69) is 25.0 Å². The van der Waals surface area contributed by atoms with Crippen LogP contribution in [0.4, 0.5) is 5.82 Å². The van der Waals surface area contributed by atoms with Gasteiger partial charge in [0.1, 0.15) is 11.4 Å². The maximum absolute atomic E-state index is 9.31. The fraction of sp³-hybridized carbons (Fsp3) is 0.333. The van der Waals surface area contributed by atoms with Gasteiger partial charge in [-0.05, 0) is 48.6 Å². The summed E-state index contributed by atoms with van der Waals surface area (Å²) in [6.45, 7) is 1.88. The molecule has 1 aliphatic rings. The average molecular weight is 391 g/mol. The molecular formula is C21H21N5O3. The van der Waals surface area contributed by atoms with Gasteiger partial charge in [0, 0.05) is 43.5 Å². The zero-order valence-electron chi connectivity index (χ0n) is 15.9. The molecule has 8 nitrogen and oxygen atoms in total. The molecule has 0 radical (unpaired) electrons. The molecule has 5 heterocycles. The molecule has 148 valence electrons. The first-order valence-electron chi connectivity index (χ1n) is 9.76. The number of aliphatic hydroxyl groups excluding tert-OH is 1. The van der Waals surface area contributed by atoms with E-state index in [4.69, 9.17) is 8.94 Å². The molecule has 1 saturated heterocycles. The van der Waals surface area contributed by atoms with Crippen LogP contribution >= 0.6 is 0 Å². The molecule has 29 heavy (non-hydrogen) atoms. The van der Waals surface area contributed by atoms with Gasteiger partial charge in [-0.3, -0.25) is 4.98 Å². The number of nitrogens with zero attached hydrogens (tertiary/aromatic N) is 5. The molecule has 1 fully saturated rings. The summed E-state index contributed by atoms with van der Waals surface area (Å²) in [5.41, 5.74) is 1.64. The number of furan rings is 1. The summed E-state index contributed by atoms with van der Waals surface area (Å²) in [5, 5.41) is 14.4. The number of pyridine rings is 2. The van der Waals surface area contributed by atoms with Crippen molar-refractivity contribution in [1.82, 2.24) is 20.1 Å². The molecule has 0 unspecified atom stereocenters. The molecule has 0 aliphatic carbocycles. The number of anilines is 1. The third-order valence-corrected chi connectivity index (χ3v) is 5.40. The highest BCUT2D eigenvalue weighted by atomic mass is 16.5. The minimum Gasteiger partial charge on any atom is -0.451 e. The first-order valence-corrected chi connectivity index (χ1v) is 9.76. The Morgan fingerprint density at radius 1 is 1.14 bits per heavy atom. The van der Waals surface area contributed by atoms with Gasteiger partial charge in [-0.25, -0.2) is 4.98 Å². The summed E-state index contributed by atoms with van der Waals surface area (Å²) in [6.07, 6.45) is 8.04. The summed E-state index contributed by atoms with van der Waals surface area (Å²) in [5.74, 6) is 3.10. The maximum atomic E-state index is 9.31. The number of hydrogen-bond acceptors (Lipinski definition) is 8. The van der Waals surface area contributed by atoms with Crippen molar-refractivity contribution in [3.05, 3.63) is 54.2 Å². The second-order valence-corrected chi connectivity index (χ2v) is 7.35. The summed E-state index contributed by atoms with van der Waals surface area (Å²) < 4.78 is 11.2. The van der Waals surface area contributed by atoms with Crippen LogP contribution in [-0.2, 0) is 13.0 Å². The Hall–Kier alpha value is -3.26. The molecule has 0 atom stereocenters. The molecule has 1 aliphatic heterocycles. The minimum absolute atomic E-state index is 0.0356. The highest BCUT2D eigenvalue weighted by Gasteiger charge is 2.23. The lowest BCUT2D eigenvalue weighted by atomic mass is 9.93. The standard InChI is InChI=1S/C21H21N5O3/c27-13-15-1-6-23-20(10-15)26-7-3-14(4-8-26)9-19-24-21(29-25-19)18-11-16-12-22-5-2-17(16)28-18/h1-2,5-6,10-12,14,27H,3-4,7-9,13H2. The van der Waals surface area contributed by atoms with Crippen LogP contribution < -0.4 is 4.90 Å². The van der Waals surface area contributed by atoms with E-state index in [0.717, 1.165) is 54.7 Å². The first kappa shape index (κ1) is 17.8. The Morgan fingerprint density at radius 3 is 2.86 bits per heavy atom. The van der Waals surface area contributed by atoms with E-state index in [9.17, 15) is 5.11 Å². The van der Waals surface area contributed by atoms with Gasteiger partial charge in [0.05, 0.1) is 6.61 Å². The molecule has 0 saturated carbocycles. The fourth-order valence-electron chi connectivity index (χ4n) is 3.78. The molecule has 8 heteroatoms. The van der Waals surface area contributed by atoms with Crippen LogP contribution in [0.5, 0.6) is 0 Å². The molecular weight excluding hydrogens is 370 g/mol. The zero-order valence-corrected chi connectivity index (χ0v) is 15.9. The SMILES string of the molecule is OCc1ccnc(N2CCC(Cc3noc(-c4cc5cnccc5o4)n3)CC2)c1. The van der Waals surface area contributed by atoms with Crippen LogP contribution in [0.15, 0.2) is 51.8 Å². The third kappa shape index (κ3) is 3.71. The quantitative estimate of drug-likeness (QED) is 0.553. The summed E-state index contributed by atoms with van der Waals surface area (Å²) >= 11 is 0. The predicted molar refractivity (Wildman–Crippen MR) is 106 cm³/mol. The van der Waals surface area contributed by atoms with Gasteiger partial charge in [-0.2, -0.15) is 4.98 Å². The molecule has 5 rings (SSSR count). The van der Waals surface area contributed by atoms with Crippen molar-refractivity contribution in [2.24, 2.45) is 5.92 Å².